The van der Waals surface area contributed by atoms with Crippen molar-refractivity contribution in [2.75, 3.05) is 0 Å². The second kappa shape index (κ2) is 8.09. The van der Waals surface area contributed by atoms with Gasteiger partial charge in [-0.15, -0.1) is 0 Å². The monoisotopic (exact) mass is 440 g/mol. The Morgan fingerprint density at radius 2 is 2.03 bits per heavy atom. The van der Waals surface area contributed by atoms with Crippen molar-refractivity contribution in [1.29, 1.82) is 5.26 Å². The van der Waals surface area contributed by atoms with Crippen LogP contribution in [0.4, 0.5) is 0 Å². The number of benzene rings is 2. The second-order valence-corrected chi connectivity index (χ2v) is 8.19. The van der Waals surface area contributed by atoms with Gasteiger partial charge in [-0.05, 0) is 42.8 Å². The molecule has 0 saturated carbocycles. The number of H-pyrrole nitrogens is 1. The summed E-state index contributed by atoms with van der Waals surface area (Å²) in [4.78, 5) is 24.8. The molecule has 0 spiro atoms. The number of aryl methyl sites for hydroxylation is 1. The van der Waals surface area contributed by atoms with Crippen LogP contribution in [0.5, 0.6) is 5.75 Å². The molecule has 2 aromatic carbocycles. The molecule has 1 N–H and O–H groups in total. The Morgan fingerprint density at radius 1 is 1.22 bits per heavy atom. The second-order valence-electron chi connectivity index (χ2n) is 7.03. The molecule has 0 atom stereocenters. The van der Waals surface area contributed by atoms with E-state index in [1.54, 1.807) is 6.08 Å². The first kappa shape index (κ1) is 19.7. The molecule has 0 bridgehead atoms. The standard InChI is InChI=1S/C23H16N6O2S/c1-14-28-29-21(30)11-17(25-23(29)32-14)13-31-18-8-6-15(7-9-18)10-16(12-24)22-26-19-4-2-3-5-20(19)27-22/h2-11H,13H2,1H3,(H,26,27). The first-order valence-corrected chi connectivity index (χ1v) is 10.6. The average molecular weight is 440 g/mol. The van der Waals surface area contributed by atoms with Gasteiger partial charge >= 0.3 is 0 Å². The molecule has 32 heavy (non-hydrogen) atoms. The summed E-state index contributed by atoms with van der Waals surface area (Å²) < 4.78 is 7.07. The smallest absolute Gasteiger partial charge is 0.275 e. The molecule has 0 unspecified atom stereocenters. The Balaban J connectivity index is 1.32. The summed E-state index contributed by atoms with van der Waals surface area (Å²) in [5, 5.41) is 14.5. The molecule has 8 nitrogen and oxygen atoms in total. The average Bonchev–Trinajstić information content (AvgIpc) is 3.40. The summed E-state index contributed by atoms with van der Waals surface area (Å²) in [6, 6.07) is 18.6. The van der Waals surface area contributed by atoms with Crippen LogP contribution in [0.2, 0.25) is 0 Å². The highest BCUT2D eigenvalue weighted by atomic mass is 32.1. The van der Waals surface area contributed by atoms with E-state index in [0.29, 0.717) is 27.8 Å². The molecule has 0 radical (unpaired) electrons. The van der Waals surface area contributed by atoms with Gasteiger partial charge in [0.2, 0.25) is 4.96 Å². The van der Waals surface area contributed by atoms with Gasteiger partial charge in [-0.1, -0.05) is 35.6 Å². The Kier molecular flexibility index (Phi) is 4.97. The van der Waals surface area contributed by atoms with Crippen molar-refractivity contribution in [2.45, 2.75) is 13.5 Å². The molecule has 156 valence electrons. The maximum absolute atomic E-state index is 12.1. The van der Waals surface area contributed by atoms with Gasteiger partial charge in [-0.2, -0.15) is 14.9 Å². The third kappa shape index (κ3) is 3.87. The summed E-state index contributed by atoms with van der Waals surface area (Å²) >= 11 is 1.36. The number of nitrogens with zero attached hydrogens (tertiary/aromatic N) is 5. The van der Waals surface area contributed by atoms with E-state index in [9.17, 15) is 10.1 Å². The van der Waals surface area contributed by atoms with E-state index in [1.807, 2.05) is 55.5 Å². The van der Waals surface area contributed by atoms with Gasteiger partial charge < -0.3 is 9.72 Å². The summed E-state index contributed by atoms with van der Waals surface area (Å²) in [6.07, 6.45) is 1.77. The fraction of sp³-hybridized carbons (Fsp3) is 0.0870. The Morgan fingerprint density at radius 3 is 2.81 bits per heavy atom. The van der Waals surface area contributed by atoms with E-state index >= 15 is 0 Å². The molecule has 3 heterocycles. The van der Waals surface area contributed by atoms with Crippen molar-refractivity contribution < 1.29 is 4.74 Å². The highest BCUT2D eigenvalue weighted by Crippen LogP contribution is 2.21. The molecule has 9 heteroatoms. The van der Waals surface area contributed by atoms with E-state index in [2.05, 4.69) is 26.1 Å². The Labute approximate surface area is 186 Å². The number of nitriles is 1. The number of fused-ring (bicyclic) bond motifs is 2. The Bertz CT molecular complexity index is 1540. The molecule has 0 aliphatic carbocycles. The maximum atomic E-state index is 12.1. The topological polar surface area (TPSA) is 109 Å². The van der Waals surface area contributed by atoms with E-state index in [1.165, 1.54) is 21.9 Å². The summed E-state index contributed by atoms with van der Waals surface area (Å²) in [5.41, 5.74) is 3.28. The van der Waals surface area contributed by atoms with Crippen LogP contribution in [0.1, 0.15) is 22.1 Å². The van der Waals surface area contributed by atoms with Gasteiger partial charge in [0, 0.05) is 6.07 Å². The quantitative estimate of drug-likeness (QED) is 0.414. The van der Waals surface area contributed by atoms with Gasteiger partial charge in [0.05, 0.1) is 22.3 Å². The first-order chi connectivity index (χ1) is 15.6. The molecule has 5 aromatic rings. The lowest BCUT2D eigenvalue weighted by atomic mass is 10.1. The first-order valence-electron chi connectivity index (χ1n) is 9.75. The minimum absolute atomic E-state index is 0.167. The fourth-order valence-electron chi connectivity index (χ4n) is 3.24. The molecule has 0 fully saturated rings. The third-order valence-electron chi connectivity index (χ3n) is 4.74. The SMILES string of the molecule is Cc1nn2c(=O)cc(COc3ccc(C=C(C#N)c4nc5ccccc5[nH]4)cc3)nc2s1. The van der Waals surface area contributed by atoms with Gasteiger partial charge in [0.15, 0.2) is 0 Å². The van der Waals surface area contributed by atoms with E-state index in [0.717, 1.165) is 21.6 Å². The minimum Gasteiger partial charge on any atom is -0.487 e. The zero-order valence-electron chi connectivity index (χ0n) is 16.9. The van der Waals surface area contributed by atoms with E-state index < -0.39 is 0 Å². The van der Waals surface area contributed by atoms with Crippen molar-refractivity contribution in [2.24, 2.45) is 0 Å². The van der Waals surface area contributed by atoms with Crippen molar-refractivity contribution in [3.8, 4) is 11.8 Å². The highest BCUT2D eigenvalue weighted by molar-refractivity contribution is 7.16. The number of nitrogens with one attached hydrogen (secondary N) is 1. The van der Waals surface area contributed by atoms with Gasteiger partial charge in [0.1, 0.15) is 29.3 Å². The molecular formula is C23H16N6O2S. The molecule has 5 rings (SSSR count). The van der Waals surface area contributed by atoms with Crippen molar-refractivity contribution >= 4 is 39.0 Å². The molecule has 3 aromatic heterocycles. The van der Waals surface area contributed by atoms with E-state index in [4.69, 9.17) is 4.74 Å². The van der Waals surface area contributed by atoms with Crippen LogP contribution in [-0.4, -0.2) is 24.6 Å². The van der Waals surface area contributed by atoms with Crippen LogP contribution >= 0.6 is 11.3 Å². The zero-order valence-corrected chi connectivity index (χ0v) is 17.8. The largest absolute Gasteiger partial charge is 0.487 e. The number of aromatic nitrogens is 5. The third-order valence-corrected chi connectivity index (χ3v) is 5.57. The maximum Gasteiger partial charge on any atom is 0.275 e. The number of hydrogen-bond donors (Lipinski definition) is 1. The number of hydrogen-bond acceptors (Lipinski definition) is 7. The van der Waals surface area contributed by atoms with Crippen molar-refractivity contribution in [1.82, 2.24) is 24.6 Å². The van der Waals surface area contributed by atoms with Crippen LogP contribution in [0.15, 0.2) is 59.4 Å². The van der Waals surface area contributed by atoms with Crippen molar-refractivity contribution in [3.05, 3.63) is 87.0 Å². The fourth-order valence-corrected chi connectivity index (χ4v) is 4.01. The number of allylic oxidation sites excluding steroid dienone is 1. The van der Waals surface area contributed by atoms with Crippen LogP contribution < -0.4 is 10.3 Å². The lowest BCUT2D eigenvalue weighted by Crippen LogP contribution is -2.16. The highest BCUT2D eigenvalue weighted by Gasteiger charge is 2.09. The van der Waals surface area contributed by atoms with Gasteiger partial charge in [-0.25, -0.2) is 9.97 Å². The normalized spacial score (nSPS) is 11.7. The summed E-state index contributed by atoms with van der Waals surface area (Å²) in [5.74, 6) is 1.16. The number of ether oxygens (including phenoxy) is 1. The summed E-state index contributed by atoms with van der Waals surface area (Å²) in [7, 11) is 0. The number of imidazole rings is 1. The van der Waals surface area contributed by atoms with Crippen LogP contribution in [0.3, 0.4) is 0 Å². The van der Waals surface area contributed by atoms with E-state index in [-0.39, 0.29) is 12.2 Å². The molecular weight excluding hydrogens is 424 g/mol. The van der Waals surface area contributed by atoms with Gasteiger partial charge in [0.25, 0.3) is 5.56 Å². The molecule has 0 aliphatic rings. The number of rotatable bonds is 5. The molecule has 0 aliphatic heterocycles. The lowest BCUT2D eigenvalue weighted by Gasteiger charge is -2.06. The van der Waals surface area contributed by atoms with Crippen LogP contribution in [0.25, 0.3) is 27.6 Å². The number of aromatic amines is 1. The zero-order chi connectivity index (χ0) is 22.1. The van der Waals surface area contributed by atoms with Crippen LogP contribution in [-0.2, 0) is 6.61 Å². The van der Waals surface area contributed by atoms with Crippen LogP contribution in [0, 0.1) is 18.3 Å². The number of para-hydroxylation sites is 2. The predicted molar refractivity (Wildman–Crippen MR) is 122 cm³/mol. The van der Waals surface area contributed by atoms with Crippen molar-refractivity contribution in [3.63, 3.8) is 0 Å². The molecule has 0 amide bonds. The van der Waals surface area contributed by atoms with Gasteiger partial charge in [-0.3, -0.25) is 4.79 Å². The Hall–Kier alpha value is -4.29. The molecule has 0 saturated heterocycles. The minimum atomic E-state index is -0.229. The lowest BCUT2D eigenvalue weighted by molar-refractivity contribution is 0.301. The summed E-state index contributed by atoms with van der Waals surface area (Å²) in [6.45, 7) is 2.00. The predicted octanol–water partition coefficient (Wildman–Crippen LogP) is 3.98.